The van der Waals surface area contributed by atoms with Crippen molar-refractivity contribution in [3.05, 3.63) is 29.8 Å². The van der Waals surface area contributed by atoms with E-state index in [1.807, 2.05) is 24.3 Å². The first-order chi connectivity index (χ1) is 8.47. The Morgan fingerprint density at radius 1 is 1.39 bits per heavy atom. The lowest BCUT2D eigenvalue weighted by atomic mass is 9.88. The van der Waals surface area contributed by atoms with E-state index in [4.69, 9.17) is 5.73 Å². The molecule has 0 unspecified atom stereocenters. The molecule has 1 aromatic rings. The predicted molar refractivity (Wildman–Crippen MR) is 75.9 cm³/mol. The fraction of sp³-hybridized carbons (Fsp3) is 0.300. The van der Waals surface area contributed by atoms with Crippen LogP contribution in [0.1, 0.15) is 5.56 Å². The van der Waals surface area contributed by atoms with Crippen molar-refractivity contribution in [1.82, 2.24) is 10.5 Å². The minimum atomic E-state index is -0.848. The molecule has 0 aromatic heterocycles. The fourth-order valence-corrected chi connectivity index (χ4v) is 1.41. The first-order valence-corrected chi connectivity index (χ1v) is 5.76. The molecular weight excluding hydrogens is 230 g/mol. The van der Waals surface area contributed by atoms with Crippen LogP contribution in [0.3, 0.4) is 0 Å². The average Bonchev–Trinajstić information content (AvgIpc) is 2.24. The van der Waals surface area contributed by atoms with E-state index < -0.39 is 14.1 Å². The van der Waals surface area contributed by atoms with Gasteiger partial charge in [-0.2, -0.15) is 0 Å². The normalized spacial score (nSPS) is 11.0. The Morgan fingerprint density at radius 3 is 2.67 bits per heavy atom. The van der Waals surface area contributed by atoms with Crippen molar-refractivity contribution < 1.29 is 10.0 Å². The molecule has 0 saturated heterocycles. The third-order valence-electron chi connectivity index (χ3n) is 2.07. The highest BCUT2D eigenvalue weighted by atomic mass is 16.2. The molecule has 1 aromatic carbocycles. The Bertz CT molecular complexity index is 413. The van der Waals surface area contributed by atoms with E-state index in [-0.39, 0.29) is 0 Å². The second-order valence-corrected chi connectivity index (χ2v) is 4.03. The van der Waals surface area contributed by atoms with Crippen LogP contribution in [-0.4, -0.2) is 30.1 Å². The number of nitrogen functional groups attached to an aromatic ring is 1. The maximum atomic E-state index is 9.24. The minimum absolute atomic E-state index is 0.336. The molecule has 0 saturated carbocycles. The van der Waals surface area contributed by atoms with E-state index >= 15 is 0 Å². The monoisotopic (exact) mass is 248 g/mol. The lowest BCUT2D eigenvalue weighted by molar-refractivity contribution is 0.568. The molecule has 18 heavy (non-hydrogen) atoms. The molecule has 96 valence electrons. The highest BCUT2D eigenvalue weighted by Crippen LogP contribution is 2.05. The van der Waals surface area contributed by atoms with Crippen LogP contribution in [-0.2, 0) is 6.54 Å². The first-order valence-electron chi connectivity index (χ1n) is 5.76. The summed E-state index contributed by atoms with van der Waals surface area (Å²) < 4.78 is 0. The lowest BCUT2D eigenvalue weighted by Gasteiger charge is -2.13. The SMILES string of the molecule is CB(O)N=C(NCc1cccc(N)c1)NB(C)O. The molecule has 8 heteroatoms. The van der Waals surface area contributed by atoms with Gasteiger partial charge in [0.15, 0.2) is 5.96 Å². The second kappa shape index (κ2) is 6.93. The Kier molecular flexibility index (Phi) is 5.54. The third-order valence-corrected chi connectivity index (χ3v) is 2.07. The molecule has 6 N–H and O–H groups in total. The van der Waals surface area contributed by atoms with Gasteiger partial charge in [-0.25, -0.2) is 0 Å². The van der Waals surface area contributed by atoms with Gasteiger partial charge >= 0.3 is 14.1 Å². The first kappa shape index (κ1) is 14.4. The van der Waals surface area contributed by atoms with Crippen LogP contribution in [0, 0.1) is 0 Å². The van der Waals surface area contributed by atoms with E-state index in [1.54, 1.807) is 6.82 Å². The zero-order chi connectivity index (χ0) is 13.5. The van der Waals surface area contributed by atoms with Crippen molar-refractivity contribution in [3.8, 4) is 0 Å². The van der Waals surface area contributed by atoms with Gasteiger partial charge in [-0.1, -0.05) is 12.1 Å². The Labute approximate surface area is 108 Å². The highest BCUT2D eigenvalue weighted by molar-refractivity contribution is 6.52. The number of nitrogens with one attached hydrogen (secondary N) is 2. The molecule has 0 radical (unpaired) electrons. The van der Waals surface area contributed by atoms with Crippen molar-refractivity contribution in [2.45, 2.75) is 20.2 Å². The molecule has 0 aliphatic carbocycles. The average molecular weight is 248 g/mol. The summed E-state index contributed by atoms with van der Waals surface area (Å²) >= 11 is 0. The van der Waals surface area contributed by atoms with Crippen LogP contribution >= 0.6 is 0 Å². The second-order valence-electron chi connectivity index (χ2n) is 4.03. The van der Waals surface area contributed by atoms with Gasteiger partial charge in [0.2, 0.25) is 0 Å². The fourth-order valence-electron chi connectivity index (χ4n) is 1.41. The molecule has 0 heterocycles. The number of hydrogen-bond donors (Lipinski definition) is 5. The summed E-state index contributed by atoms with van der Waals surface area (Å²) in [5.74, 6) is 0.336. The van der Waals surface area contributed by atoms with Gasteiger partial charge in [0.1, 0.15) is 0 Å². The van der Waals surface area contributed by atoms with Crippen molar-refractivity contribution in [2.75, 3.05) is 5.73 Å². The lowest BCUT2D eigenvalue weighted by Crippen LogP contribution is -2.45. The zero-order valence-corrected chi connectivity index (χ0v) is 10.6. The molecule has 0 spiro atoms. The molecule has 0 aliphatic heterocycles. The van der Waals surface area contributed by atoms with Crippen molar-refractivity contribution in [2.24, 2.45) is 4.90 Å². The Morgan fingerprint density at radius 2 is 2.11 bits per heavy atom. The maximum Gasteiger partial charge on any atom is 0.431 e. The molecule has 1 rings (SSSR count). The molecule has 0 amide bonds. The van der Waals surface area contributed by atoms with Crippen molar-refractivity contribution in [3.63, 3.8) is 0 Å². The van der Waals surface area contributed by atoms with E-state index in [0.29, 0.717) is 18.2 Å². The van der Waals surface area contributed by atoms with E-state index in [0.717, 1.165) is 5.56 Å². The molecular formula is C10H18B2N4O2. The molecule has 0 aliphatic rings. The van der Waals surface area contributed by atoms with Crippen molar-refractivity contribution >= 4 is 25.7 Å². The predicted octanol–water partition coefficient (Wildman–Crippen LogP) is -0.475. The number of nitrogens with zero attached hydrogens (tertiary/aromatic N) is 1. The van der Waals surface area contributed by atoms with E-state index in [9.17, 15) is 10.0 Å². The Hall–Kier alpha value is -1.66. The van der Waals surface area contributed by atoms with Crippen LogP contribution in [0.2, 0.25) is 13.6 Å². The number of nitrogens with two attached hydrogens (primary N) is 1. The molecule has 0 bridgehead atoms. The number of benzene rings is 1. The quantitative estimate of drug-likeness (QED) is 0.214. The van der Waals surface area contributed by atoms with Crippen LogP contribution in [0.4, 0.5) is 5.69 Å². The third kappa shape index (κ3) is 5.60. The summed E-state index contributed by atoms with van der Waals surface area (Å²) in [6.45, 7) is 3.60. The van der Waals surface area contributed by atoms with Gasteiger partial charge in [-0.15, -0.1) is 0 Å². The summed E-state index contributed by atoms with van der Waals surface area (Å²) in [4.78, 5) is 3.91. The number of anilines is 1. The van der Waals surface area contributed by atoms with Crippen LogP contribution < -0.4 is 16.3 Å². The number of guanidine groups is 1. The summed E-state index contributed by atoms with van der Waals surface area (Å²) in [6.07, 6.45) is 0. The van der Waals surface area contributed by atoms with Crippen LogP contribution in [0.25, 0.3) is 0 Å². The minimum Gasteiger partial charge on any atom is -0.433 e. The van der Waals surface area contributed by atoms with Gasteiger partial charge in [-0.05, 0) is 31.3 Å². The van der Waals surface area contributed by atoms with Crippen LogP contribution in [0.5, 0.6) is 0 Å². The topological polar surface area (TPSA) is 103 Å². The summed E-state index contributed by atoms with van der Waals surface area (Å²) in [5.41, 5.74) is 7.35. The van der Waals surface area contributed by atoms with Gasteiger partial charge in [0.25, 0.3) is 0 Å². The van der Waals surface area contributed by atoms with Crippen LogP contribution in [0.15, 0.2) is 29.2 Å². The van der Waals surface area contributed by atoms with E-state index in [2.05, 4.69) is 15.4 Å². The molecule has 0 atom stereocenters. The summed E-state index contributed by atoms with van der Waals surface area (Å²) in [7, 11) is -1.60. The maximum absolute atomic E-state index is 9.24. The van der Waals surface area contributed by atoms with Gasteiger partial charge < -0.3 is 26.3 Å². The molecule has 6 nitrogen and oxygen atoms in total. The number of hydrogen-bond acceptors (Lipinski definition) is 4. The van der Waals surface area contributed by atoms with Gasteiger partial charge in [-0.3, -0.25) is 4.90 Å². The van der Waals surface area contributed by atoms with Gasteiger partial charge in [0, 0.05) is 12.2 Å². The standard InChI is InChI=1S/C10H18B2N4O2/c1-11(17)15-10(16-12(2)18)14-7-8-4-3-5-9(13)6-8/h3-6,17-18H,7,13H2,1-2H3,(H2,14,15,16). The summed E-state index contributed by atoms with van der Waals surface area (Å²) in [6, 6.07) is 7.43. The van der Waals surface area contributed by atoms with Crippen molar-refractivity contribution in [1.29, 1.82) is 0 Å². The Balaban J connectivity index is 2.62. The van der Waals surface area contributed by atoms with E-state index in [1.165, 1.54) is 6.82 Å². The smallest absolute Gasteiger partial charge is 0.431 e. The largest absolute Gasteiger partial charge is 0.433 e. The molecule has 0 fully saturated rings. The summed E-state index contributed by atoms with van der Waals surface area (Å²) in [5, 5.41) is 24.1. The van der Waals surface area contributed by atoms with Gasteiger partial charge in [0.05, 0.1) is 0 Å². The zero-order valence-electron chi connectivity index (χ0n) is 10.6. The number of rotatable bonds is 4. The highest BCUT2D eigenvalue weighted by Gasteiger charge is 2.09.